The van der Waals surface area contributed by atoms with Gasteiger partial charge in [-0.05, 0) is 125 Å². The summed E-state index contributed by atoms with van der Waals surface area (Å²) in [5, 5.41) is 9.69. The molecule has 0 aromatic heterocycles. The summed E-state index contributed by atoms with van der Waals surface area (Å²) >= 11 is 0. The zero-order valence-electron chi connectivity index (χ0n) is 26.6. The molecule has 4 aliphatic rings. The Kier molecular flexibility index (Phi) is 11.2. The van der Waals surface area contributed by atoms with Gasteiger partial charge in [0.1, 0.15) is 11.5 Å². The maximum absolute atomic E-state index is 13.1. The Morgan fingerprint density at radius 3 is 1.19 bits per heavy atom. The average molecular weight is 595 g/mol. The first-order valence-corrected chi connectivity index (χ1v) is 17.6. The van der Waals surface area contributed by atoms with E-state index in [4.69, 9.17) is 9.47 Å². The molecule has 0 saturated heterocycles. The summed E-state index contributed by atoms with van der Waals surface area (Å²) in [7, 11) is 0. The zero-order valence-corrected chi connectivity index (χ0v) is 26.6. The fourth-order valence-corrected chi connectivity index (χ4v) is 9.00. The van der Waals surface area contributed by atoms with Crippen LogP contribution in [0.4, 0.5) is 0 Å². The quantitative estimate of drug-likeness (QED) is 0.226. The second-order valence-corrected chi connectivity index (χ2v) is 14.4. The van der Waals surface area contributed by atoms with E-state index < -0.39 is 5.97 Å². The van der Waals surface area contributed by atoms with Crippen LogP contribution in [0.3, 0.4) is 0 Å². The normalized spacial score (nSPS) is 33.3. The van der Waals surface area contributed by atoms with Crippen molar-refractivity contribution in [3.8, 4) is 11.5 Å². The van der Waals surface area contributed by atoms with Crippen molar-refractivity contribution in [2.75, 3.05) is 0 Å². The van der Waals surface area contributed by atoms with Gasteiger partial charge in [-0.1, -0.05) is 52.4 Å². The Hall–Kier alpha value is -2.37. The van der Waals surface area contributed by atoms with Crippen LogP contribution in [0.1, 0.15) is 140 Å². The number of hydrogen-bond acceptors (Lipinski definition) is 5. The van der Waals surface area contributed by atoms with E-state index in [1.54, 1.807) is 0 Å². The van der Waals surface area contributed by atoms with Crippen molar-refractivity contribution in [2.45, 2.75) is 129 Å². The fraction of sp³-hybridized carbons (Fsp3) is 0.757. The highest BCUT2D eigenvalue weighted by molar-refractivity contribution is 5.89. The van der Waals surface area contributed by atoms with Crippen LogP contribution in [0.5, 0.6) is 11.5 Å². The van der Waals surface area contributed by atoms with Gasteiger partial charge in [-0.2, -0.15) is 0 Å². The molecule has 4 aliphatic carbocycles. The van der Waals surface area contributed by atoms with E-state index >= 15 is 0 Å². The van der Waals surface area contributed by atoms with Crippen LogP contribution in [-0.4, -0.2) is 23.0 Å². The molecule has 1 aromatic carbocycles. The maximum Gasteiger partial charge on any atom is 0.335 e. The van der Waals surface area contributed by atoms with E-state index in [1.165, 1.54) is 82.4 Å². The number of aromatic carboxylic acids is 1. The van der Waals surface area contributed by atoms with Crippen LogP contribution in [0.2, 0.25) is 0 Å². The molecule has 5 rings (SSSR count). The van der Waals surface area contributed by atoms with Crippen molar-refractivity contribution < 1.29 is 29.0 Å². The number of esters is 2. The van der Waals surface area contributed by atoms with E-state index in [0.717, 1.165) is 75.0 Å². The molecule has 43 heavy (non-hydrogen) atoms. The average Bonchev–Trinajstić information content (AvgIpc) is 3.05. The lowest BCUT2D eigenvalue weighted by atomic mass is 9.69. The number of benzene rings is 1. The third-order valence-corrected chi connectivity index (χ3v) is 12.0. The molecule has 4 saturated carbocycles. The van der Waals surface area contributed by atoms with Gasteiger partial charge in [0.2, 0.25) is 0 Å². The molecule has 1 aromatic rings. The third-order valence-electron chi connectivity index (χ3n) is 12.0. The summed E-state index contributed by atoms with van der Waals surface area (Å²) in [6.45, 7) is 4.59. The molecule has 1 N–H and O–H groups in total. The second-order valence-electron chi connectivity index (χ2n) is 14.4. The van der Waals surface area contributed by atoms with Crippen molar-refractivity contribution in [3.05, 3.63) is 23.8 Å². The Morgan fingerprint density at radius 2 is 0.884 bits per heavy atom. The highest BCUT2D eigenvalue weighted by atomic mass is 16.5. The molecule has 6 nitrogen and oxygen atoms in total. The van der Waals surface area contributed by atoms with Crippen LogP contribution >= 0.6 is 0 Å². The molecule has 0 aliphatic heterocycles. The van der Waals surface area contributed by atoms with Crippen molar-refractivity contribution in [1.82, 2.24) is 0 Å². The molecule has 238 valence electrons. The summed E-state index contributed by atoms with van der Waals surface area (Å²) in [5.74, 6) is 2.95. The van der Waals surface area contributed by atoms with Gasteiger partial charge in [-0.25, -0.2) is 4.79 Å². The molecule has 0 radical (unpaired) electrons. The summed E-state index contributed by atoms with van der Waals surface area (Å²) in [6.07, 6.45) is 20.8. The van der Waals surface area contributed by atoms with Crippen molar-refractivity contribution >= 4 is 17.9 Å². The first-order chi connectivity index (χ1) is 20.8. The highest BCUT2D eigenvalue weighted by Gasteiger charge is 2.35. The first-order valence-electron chi connectivity index (χ1n) is 17.6. The van der Waals surface area contributed by atoms with Crippen molar-refractivity contribution in [1.29, 1.82) is 0 Å². The summed E-state index contributed by atoms with van der Waals surface area (Å²) in [5.41, 5.74) is -0.0501. The Labute approximate surface area is 258 Å². The largest absolute Gasteiger partial charge is 0.478 e. The minimum Gasteiger partial charge on any atom is -0.478 e. The van der Waals surface area contributed by atoms with Gasteiger partial charge in [0.15, 0.2) is 0 Å². The molecule has 6 heteroatoms. The van der Waals surface area contributed by atoms with Crippen LogP contribution in [0, 0.1) is 47.3 Å². The standard InChI is InChI=1S/C37H54O6/c1-3-24-5-9-26(10-6-24)28-13-17-30(18-14-28)36(40)42-33-21-32(35(38)39)22-34(23-33)43-37(41)31-19-15-29(16-20-31)27-11-7-25(4-2)8-12-27/h21-31H,3-20H2,1-2H3,(H,38,39). The summed E-state index contributed by atoms with van der Waals surface area (Å²) < 4.78 is 11.5. The number of carbonyl (C=O) groups excluding carboxylic acids is 2. The van der Waals surface area contributed by atoms with Gasteiger partial charge >= 0.3 is 17.9 Å². The summed E-state index contributed by atoms with van der Waals surface area (Å²) in [4.78, 5) is 38.1. The lowest BCUT2D eigenvalue weighted by molar-refractivity contribution is -0.140. The second kappa shape index (κ2) is 15.1. The highest BCUT2D eigenvalue weighted by Crippen LogP contribution is 2.44. The van der Waals surface area contributed by atoms with Gasteiger partial charge in [-0.15, -0.1) is 0 Å². The minimum absolute atomic E-state index is 0.0501. The molecule has 0 bridgehead atoms. The predicted octanol–water partition coefficient (Wildman–Crippen LogP) is 9.24. The number of carbonyl (C=O) groups is 3. The predicted molar refractivity (Wildman–Crippen MR) is 167 cm³/mol. The lowest BCUT2D eigenvalue weighted by Gasteiger charge is -2.37. The van der Waals surface area contributed by atoms with Crippen molar-refractivity contribution in [2.24, 2.45) is 47.3 Å². The number of carboxylic acids is 1. The number of hydrogen-bond donors (Lipinski definition) is 1. The first kappa shape index (κ1) is 32.0. The molecule has 0 heterocycles. The Morgan fingerprint density at radius 1 is 0.558 bits per heavy atom. The monoisotopic (exact) mass is 594 g/mol. The molecular weight excluding hydrogens is 540 g/mol. The number of ether oxygens (including phenoxy) is 2. The van der Waals surface area contributed by atoms with Gasteiger partial charge in [0, 0.05) is 6.07 Å². The van der Waals surface area contributed by atoms with E-state index in [9.17, 15) is 19.5 Å². The molecule has 4 fully saturated rings. The maximum atomic E-state index is 13.1. The Balaban J connectivity index is 1.11. The van der Waals surface area contributed by atoms with E-state index in [2.05, 4.69) is 13.8 Å². The molecule has 0 spiro atoms. The molecule has 0 atom stereocenters. The van der Waals surface area contributed by atoms with Gasteiger partial charge in [0.05, 0.1) is 17.4 Å². The third kappa shape index (κ3) is 8.42. The smallest absolute Gasteiger partial charge is 0.335 e. The van der Waals surface area contributed by atoms with E-state index in [-0.39, 0.29) is 40.8 Å². The van der Waals surface area contributed by atoms with Gasteiger partial charge in [0.25, 0.3) is 0 Å². The SMILES string of the molecule is CCC1CCC(C2CCC(C(=O)Oc3cc(OC(=O)C4CCC(C5CCC(CC)CC5)CC4)cc(C(=O)O)c3)CC2)CC1. The van der Waals surface area contributed by atoms with Crippen molar-refractivity contribution in [3.63, 3.8) is 0 Å². The fourth-order valence-electron chi connectivity index (χ4n) is 9.00. The zero-order chi connectivity index (χ0) is 30.3. The number of rotatable bonds is 9. The molecule has 0 amide bonds. The van der Waals surface area contributed by atoms with Crippen LogP contribution in [0.25, 0.3) is 0 Å². The summed E-state index contributed by atoms with van der Waals surface area (Å²) in [6, 6.07) is 4.21. The number of carboxylic acid groups (broad SMARTS) is 1. The van der Waals surface area contributed by atoms with Crippen LogP contribution < -0.4 is 9.47 Å². The Bertz CT molecular complexity index is 1000. The van der Waals surface area contributed by atoms with Gasteiger partial charge < -0.3 is 14.6 Å². The topological polar surface area (TPSA) is 89.9 Å². The molecule has 0 unspecified atom stereocenters. The van der Waals surface area contributed by atoms with E-state index in [1.807, 2.05) is 0 Å². The van der Waals surface area contributed by atoms with Crippen LogP contribution in [0.15, 0.2) is 18.2 Å². The molecular formula is C37H54O6. The van der Waals surface area contributed by atoms with Gasteiger partial charge in [-0.3, -0.25) is 9.59 Å². The van der Waals surface area contributed by atoms with Crippen LogP contribution in [-0.2, 0) is 9.59 Å². The minimum atomic E-state index is -1.15. The lowest BCUT2D eigenvalue weighted by Crippen LogP contribution is -2.30. The van der Waals surface area contributed by atoms with E-state index in [0.29, 0.717) is 11.8 Å².